The quantitative estimate of drug-likeness (QED) is 0.806. The molecule has 0 radical (unpaired) electrons. The zero-order valence-electron chi connectivity index (χ0n) is 12.2. The van der Waals surface area contributed by atoms with Gasteiger partial charge in [0.25, 0.3) is 0 Å². The zero-order valence-corrected chi connectivity index (χ0v) is 13.9. The van der Waals surface area contributed by atoms with E-state index < -0.39 is 10.0 Å². The smallest absolute Gasteiger partial charge is 0.242 e. The van der Waals surface area contributed by atoms with E-state index in [2.05, 4.69) is 23.6 Å². The van der Waals surface area contributed by atoms with Crippen LogP contribution in [0.25, 0.3) is 0 Å². The first-order chi connectivity index (χ1) is 9.85. The van der Waals surface area contributed by atoms with Crippen LogP contribution in [0.1, 0.15) is 38.8 Å². The Hall–Kier alpha value is -1.05. The molecular weight excluding hydrogens is 306 g/mol. The first-order valence-corrected chi connectivity index (χ1v) is 9.02. The normalized spacial score (nSPS) is 25.9. The molecule has 7 heteroatoms. The molecule has 1 fully saturated rings. The Morgan fingerprint density at radius 2 is 2.19 bits per heavy atom. The van der Waals surface area contributed by atoms with Gasteiger partial charge in [-0.25, -0.2) is 13.1 Å². The molecule has 0 aliphatic heterocycles. The fourth-order valence-electron chi connectivity index (χ4n) is 2.94. The molecule has 1 aromatic heterocycles. The van der Waals surface area contributed by atoms with Crippen LogP contribution in [-0.2, 0) is 10.0 Å². The van der Waals surface area contributed by atoms with Gasteiger partial charge in [-0.1, -0.05) is 32.5 Å². The van der Waals surface area contributed by atoms with E-state index in [1.165, 1.54) is 18.3 Å². The Bertz CT molecular complexity index is 614. The van der Waals surface area contributed by atoms with Gasteiger partial charge in [0, 0.05) is 12.2 Å². The molecule has 1 aliphatic carbocycles. The van der Waals surface area contributed by atoms with Gasteiger partial charge in [0.15, 0.2) is 0 Å². The molecule has 0 aromatic carbocycles. The Morgan fingerprint density at radius 3 is 2.67 bits per heavy atom. The largest absolute Gasteiger partial charge is 0.388 e. The third-order valence-electron chi connectivity index (χ3n) is 4.36. The van der Waals surface area contributed by atoms with Crippen LogP contribution in [0, 0.1) is 11.8 Å². The van der Waals surface area contributed by atoms with Gasteiger partial charge in [0.05, 0.1) is 5.69 Å². The molecule has 3 atom stereocenters. The van der Waals surface area contributed by atoms with E-state index in [-0.39, 0.29) is 15.9 Å². The summed E-state index contributed by atoms with van der Waals surface area (Å²) in [5, 5.41) is 0. The van der Waals surface area contributed by atoms with Crippen LogP contribution in [0.15, 0.2) is 23.2 Å². The zero-order chi connectivity index (χ0) is 15.6. The Kier molecular flexibility index (Phi) is 4.95. The molecule has 0 spiro atoms. The number of hydrogen-bond donors (Lipinski definition) is 2. The van der Waals surface area contributed by atoms with Crippen LogP contribution in [0.2, 0.25) is 0 Å². The molecule has 3 N–H and O–H groups in total. The summed E-state index contributed by atoms with van der Waals surface area (Å²) in [6, 6.07) is 3.01. The standard InChI is InChI=1S/C14H21N3O2S2/c1-3-10-4-6-12(9(10)2)17-21(18,19)11-5-7-13(14(15)20)16-8-11/h5,7-10,12,17H,3-4,6H2,1-2H3,(H2,15,20). The third kappa shape index (κ3) is 3.59. The summed E-state index contributed by atoms with van der Waals surface area (Å²) in [4.78, 5) is 4.29. The highest BCUT2D eigenvalue weighted by molar-refractivity contribution is 7.89. The highest BCUT2D eigenvalue weighted by Crippen LogP contribution is 2.34. The molecule has 1 heterocycles. The molecular formula is C14H21N3O2S2. The van der Waals surface area contributed by atoms with Crippen LogP contribution in [0.3, 0.4) is 0 Å². The van der Waals surface area contributed by atoms with Crippen molar-refractivity contribution in [1.82, 2.24) is 9.71 Å². The van der Waals surface area contributed by atoms with E-state index in [1.54, 1.807) is 0 Å². The average molecular weight is 327 g/mol. The molecule has 3 unspecified atom stereocenters. The van der Waals surface area contributed by atoms with Crippen LogP contribution in [0.4, 0.5) is 0 Å². The number of pyridine rings is 1. The second-order valence-corrected chi connectivity index (χ2v) is 7.73. The molecule has 0 amide bonds. The molecule has 21 heavy (non-hydrogen) atoms. The van der Waals surface area contributed by atoms with Crippen molar-refractivity contribution >= 4 is 27.2 Å². The lowest BCUT2D eigenvalue weighted by Gasteiger charge is -2.20. The number of hydrogen-bond acceptors (Lipinski definition) is 4. The van der Waals surface area contributed by atoms with E-state index in [0.717, 1.165) is 19.3 Å². The third-order valence-corrected chi connectivity index (χ3v) is 6.04. The van der Waals surface area contributed by atoms with Crippen molar-refractivity contribution in [2.45, 2.75) is 44.0 Å². The minimum Gasteiger partial charge on any atom is -0.388 e. The van der Waals surface area contributed by atoms with Gasteiger partial charge < -0.3 is 5.73 Å². The molecule has 2 rings (SSSR count). The molecule has 5 nitrogen and oxygen atoms in total. The van der Waals surface area contributed by atoms with Crippen molar-refractivity contribution in [2.75, 3.05) is 0 Å². The average Bonchev–Trinajstić information content (AvgIpc) is 2.79. The van der Waals surface area contributed by atoms with Gasteiger partial charge in [-0.3, -0.25) is 4.98 Å². The lowest BCUT2D eigenvalue weighted by atomic mass is 9.94. The molecule has 1 aromatic rings. The van der Waals surface area contributed by atoms with Gasteiger partial charge >= 0.3 is 0 Å². The fraction of sp³-hybridized carbons (Fsp3) is 0.571. The minimum atomic E-state index is -3.55. The van der Waals surface area contributed by atoms with Crippen molar-refractivity contribution in [1.29, 1.82) is 0 Å². The van der Waals surface area contributed by atoms with E-state index in [9.17, 15) is 8.42 Å². The van der Waals surface area contributed by atoms with Gasteiger partial charge in [-0.15, -0.1) is 0 Å². The summed E-state index contributed by atoms with van der Waals surface area (Å²) in [5.41, 5.74) is 5.88. The first-order valence-electron chi connectivity index (χ1n) is 7.13. The van der Waals surface area contributed by atoms with Crippen molar-refractivity contribution in [3.8, 4) is 0 Å². The second kappa shape index (κ2) is 6.37. The summed E-state index contributed by atoms with van der Waals surface area (Å²) >= 11 is 4.81. The Labute approximate surface area is 131 Å². The number of rotatable bonds is 5. The topological polar surface area (TPSA) is 85.1 Å². The van der Waals surface area contributed by atoms with Gasteiger partial charge in [0.2, 0.25) is 10.0 Å². The number of nitrogens with one attached hydrogen (secondary N) is 1. The van der Waals surface area contributed by atoms with E-state index >= 15 is 0 Å². The number of nitrogens with zero attached hydrogens (tertiary/aromatic N) is 1. The summed E-state index contributed by atoms with van der Waals surface area (Å²) in [7, 11) is -3.55. The number of nitrogens with two attached hydrogens (primary N) is 1. The van der Waals surface area contributed by atoms with Crippen molar-refractivity contribution in [2.24, 2.45) is 17.6 Å². The maximum Gasteiger partial charge on any atom is 0.242 e. The lowest BCUT2D eigenvalue weighted by Crippen LogP contribution is -2.37. The SMILES string of the molecule is CCC1CCC(NS(=O)(=O)c2ccc(C(N)=S)nc2)C1C. The van der Waals surface area contributed by atoms with Crippen LogP contribution >= 0.6 is 12.2 Å². The van der Waals surface area contributed by atoms with Gasteiger partial charge in [0.1, 0.15) is 9.88 Å². The van der Waals surface area contributed by atoms with Crippen molar-refractivity contribution in [3.63, 3.8) is 0 Å². The molecule has 0 bridgehead atoms. The maximum absolute atomic E-state index is 12.4. The van der Waals surface area contributed by atoms with Crippen molar-refractivity contribution < 1.29 is 8.42 Å². The first kappa shape index (κ1) is 16.3. The molecule has 0 saturated heterocycles. The fourth-order valence-corrected chi connectivity index (χ4v) is 4.37. The summed E-state index contributed by atoms with van der Waals surface area (Å²) in [6.45, 7) is 4.26. The number of thiocarbonyl (C=S) groups is 1. The van der Waals surface area contributed by atoms with Gasteiger partial charge in [-0.05, 0) is 36.8 Å². The maximum atomic E-state index is 12.4. The predicted molar refractivity (Wildman–Crippen MR) is 86.4 cm³/mol. The summed E-state index contributed by atoms with van der Waals surface area (Å²) < 4.78 is 27.6. The second-order valence-electron chi connectivity index (χ2n) is 5.58. The van der Waals surface area contributed by atoms with Gasteiger partial charge in [-0.2, -0.15) is 0 Å². The lowest BCUT2D eigenvalue weighted by molar-refractivity contribution is 0.368. The van der Waals surface area contributed by atoms with Crippen molar-refractivity contribution in [3.05, 3.63) is 24.0 Å². The summed E-state index contributed by atoms with van der Waals surface area (Å²) in [5.74, 6) is 0.946. The highest BCUT2D eigenvalue weighted by Gasteiger charge is 2.34. The number of sulfonamides is 1. The Morgan fingerprint density at radius 1 is 1.48 bits per heavy atom. The summed E-state index contributed by atoms with van der Waals surface area (Å²) in [6.07, 6.45) is 4.35. The molecule has 116 valence electrons. The number of aromatic nitrogens is 1. The van der Waals surface area contributed by atoms with E-state index in [4.69, 9.17) is 18.0 Å². The molecule has 1 aliphatic rings. The van der Waals surface area contributed by atoms with Crippen LogP contribution in [0.5, 0.6) is 0 Å². The molecule has 1 saturated carbocycles. The van der Waals surface area contributed by atoms with Crippen LogP contribution in [-0.4, -0.2) is 24.4 Å². The Balaban J connectivity index is 2.13. The van der Waals surface area contributed by atoms with E-state index in [1.807, 2.05) is 0 Å². The minimum absolute atomic E-state index is 0.00443. The predicted octanol–water partition coefficient (Wildman–Crippen LogP) is 1.82. The van der Waals surface area contributed by atoms with E-state index in [0.29, 0.717) is 17.5 Å². The van der Waals surface area contributed by atoms with Crippen LogP contribution < -0.4 is 10.5 Å². The monoisotopic (exact) mass is 327 g/mol. The highest BCUT2D eigenvalue weighted by atomic mass is 32.2.